The molecule has 0 aliphatic carbocycles. The lowest BCUT2D eigenvalue weighted by molar-refractivity contribution is 0.0728. The van der Waals surface area contributed by atoms with Crippen LogP contribution in [0.3, 0.4) is 0 Å². The van der Waals surface area contributed by atoms with E-state index in [1.54, 1.807) is 54.6 Å². The number of hydrogen-bond donors (Lipinski definition) is 2. The summed E-state index contributed by atoms with van der Waals surface area (Å²) >= 11 is 11.0. The summed E-state index contributed by atoms with van der Waals surface area (Å²) in [7, 11) is 0. The lowest BCUT2D eigenvalue weighted by atomic mass is 10.2. The molecule has 32 heavy (non-hydrogen) atoms. The second kappa shape index (κ2) is 11.2. The molecule has 2 N–H and O–H groups in total. The minimum Gasteiger partial charge on any atom is -0.490 e. The first-order chi connectivity index (χ1) is 15.4. The van der Waals surface area contributed by atoms with E-state index < -0.39 is 5.97 Å². The molecule has 0 aromatic heterocycles. The Bertz CT molecular complexity index is 1120. The van der Waals surface area contributed by atoms with Gasteiger partial charge in [0.15, 0.2) is 16.6 Å². The van der Waals surface area contributed by atoms with Gasteiger partial charge in [-0.3, -0.25) is 5.43 Å². The van der Waals surface area contributed by atoms with Crippen LogP contribution in [0.5, 0.6) is 11.5 Å². The molecule has 0 fully saturated rings. The van der Waals surface area contributed by atoms with Gasteiger partial charge in [-0.15, -0.1) is 0 Å². The third-order valence-corrected chi connectivity index (χ3v) is 4.48. The maximum Gasteiger partial charge on any atom is 0.343 e. The van der Waals surface area contributed by atoms with E-state index in [1.807, 2.05) is 6.92 Å². The van der Waals surface area contributed by atoms with Crippen LogP contribution in [-0.2, 0) is 0 Å². The molecule has 0 saturated carbocycles. The summed E-state index contributed by atoms with van der Waals surface area (Å²) in [6, 6.07) is 17.2. The average Bonchev–Trinajstić information content (AvgIpc) is 2.77. The third-order valence-electron chi connectivity index (χ3n) is 4.03. The van der Waals surface area contributed by atoms with Crippen LogP contribution in [0.2, 0.25) is 5.02 Å². The molecule has 9 heteroatoms. The summed E-state index contributed by atoms with van der Waals surface area (Å²) in [5, 5.41) is 7.73. The van der Waals surface area contributed by atoms with E-state index in [9.17, 15) is 9.18 Å². The van der Waals surface area contributed by atoms with E-state index in [0.717, 1.165) is 0 Å². The van der Waals surface area contributed by atoms with E-state index in [-0.39, 0.29) is 16.7 Å². The highest BCUT2D eigenvalue weighted by Crippen LogP contribution is 2.29. The first-order valence-corrected chi connectivity index (χ1v) is 10.3. The monoisotopic (exact) mass is 471 g/mol. The summed E-state index contributed by atoms with van der Waals surface area (Å²) in [6.07, 6.45) is 1.53. The molecule has 0 unspecified atom stereocenters. The number of rotatable bonds is 7. The van der Waals surface area contributed by atoms with E-state index in [0.29, 0.717) is 34.2 Å². The van der Waals surface area contributed by atoms with Crippen molar-refractivity contribution in [3.63, 3.8) is 0 Å². The number of ether oxygens (including phenoxy) is 2. The number of nitrogens with zero attached hydrogens (tertiary/aromatic N) is 1. The van der Waals surface area contributed by atoms with Crippen molar-refractivity contribution in [1.82, 2.24) is 5.43 Å². The van der Waals surface area contributed by atoms with Crippen molar-refractivity contribution in [1.29, 1.82) is 0 Å². The van der Waals surface area contributed by atoms with Crippen molar-refractivity contribution < 1.29 is 18.7 Å². The van der Waals surface area contributed by atoms with Gasteiger partial charge < -0.3 is 14.8 Å². The van der Waals surface area contributed by atoms with Gasteiger partial charge in [0.2, 0.25) is 0 Å². The number of thiocarbonyl (C=S) groups is 1. The summed E-state index contributed by atoms with van der Waals surface area (Å²) in [6.45, 7) is 2.21. The Balaban J connectivity index is 1.64. The first kappa shape index (κ1) is 23.2. The molecule has 0 aliphatic rings. The van der Waals surface area contributed by atoms with Crippen molar-refractivity contribution in [3.05, 3.63) is 88.7 Å². The second-order valence-corrected chi connectivity index (χ2v) is 7.21. The predicted molar refractivity (Wildman–Crippen MR) is 127 cm³/mol. The van der Waals surface area contributed by atoms with Crippen molar-refractivity contribution in [2.75, 3.05) is 11.9 Å². The molecule has 0 amide bonds. The quantitative estimate of drug-likeness (QED) is 0.158. The van der Waals surface area contributed by atoms with Crippen molar-refractivity contribution in [3.8, 4) is 11.5 Å². The fourth-order valence-corrected chi connectivity index (χ4v) is 2.86. The molecule has 0 aliphatic heterocycles. The van der Waals surface area contributed by atoms with E-state index in [4.69, 9.17) is 33.3 Å². The zero-order valence-electron chi connectivity index (χ0n) is 17.0. The molecule has 0 radical (unpaired) electrons. The number of hydrazone groups is 1. The normalized spacial score (nSPS) is 10.6. The Labute approximate surface area is 195 Å². The standard InChI is InChI=1S/C23H19ClFN3O3S/c1-2-30-21-13-15(14-26-28-23(32)27-19-10-8-18(25)9-11-19)3-12-20(21)31-22(29)16-4-6-17(24)7-5-16/h3-14H,2H2,1H3,(H2,27,28,32)/b26-14+. The average molecular weight is 472 g/mol. The molecule has 0 saturated heterocycles. The number of carbonyl (C=O) groups is 1. The highest BCUT2D eigenvalue weighted by molar-refractivity contribution is 7.80. The molecule has 6 nitrogen and oxygen atoms in total. The van der Waals surface area contributed by atoms with Gasteiger partial charge in [-0.05, 0) is 91.4 Å². The highest BCUT2D eigenvalue weighted by atomic mass is 35.5. The Hall–Kier alpha value is -3.49. The predicted octanol–water partition coefficient (Wildman–Crippen LogP) is 5.42. The number of halogens is 2. The van der Waals surface area contributed by atoms with Crippen LogP contribution in [0, 0.1) is 5.82 Å². The van der Waals surface area contributed by atoms with Gasteiger partial charge in [0, 0.05) is 10.7 Å². The van der Waals surface area contributed by atoms with Crippen molar-refractivity contribution >= 4 is 46.8 Å². The van der Waals surface area contributed by atoms with Gasteiger partial charge in [-0.2, -0.15) is 5.10 Å². The molecule has 0 heterocycles. The number of nitrogens with one attached hydrogen (secondary N) is 2. The Morgan fingerprint density at radius 2 is 1.81 bits per heavy atom. The van der Waals surface area contributed by atoms with Crippen LogP contribution in [0.25, 0.3) is 0 Å². The lowest BCUT2D eigenvalue weighted by Crippen LogP contribution is -2.23. The van der Waals surface area contributed by atoms with Gasteiger partial charge in [-0.1, -0.05) is 11.6 Å². The number of anilines is 1. The van der Waals surface area contributed by atoms with Crippen LogP contribution >= 0.6 is 23.8 Å². The molecule has 3 aromatic carbocycles. The molecular weight excluding hydrogens is 453 g/mol. The fourth-order valence-electron chi connectivity index (χ4n) is 2.56. The Morgan fingerprint density at radius 1 is 1.09 bits per heavy atom. The second-order valence-electron chi connectivity index (χ2n) is 6.37. The van der Waals surface area contributed by atoms with Crippen LogP contribution in [0.4, 0.5) is 10.1 Å². The summed E-state index contributed by atoms with van der Waals surface area (Å²) in [5.41, 5.74) is 4.37. The maximum absolute atomic E-state index is 13.0. The molecule has 0 bridgehead atoms. The van der Waals surface area contributed by atoms with E-state index >= 15 is 0 Å². The van der Waals surface area contributed by atoms with E-state index in [2.05, 4.69) is 15.8 Å². The number of esters is 1. The lowest BCUT2D eigenvalue weighted by Gasteiger charge is -2.11. The van der Waals surface area contributed by atoms with Crippen LogP contribution in [0.15, 0.2) is 71.8 Å². The minimum absolute atomic E-state index is 0.242. The maximum atomic E-state index is 13.0. The molecule has 0 atom stereocenters. The van der Waals surface area contributed by atoms with Crippen LogP contribution in [0.1, 0.15) is 22.8 Å². The van der Waals surface area contributed by atoms with Crippen LogP contribution in [-0.4, -0.2) is 23.9 Å². The SMILES string of the molecule is CCOc1cc(/C=N/NC(=S)Nc2ccc(F)cc2)ccc1OC(=O)c1ccc(Cl)cc1. The van der Waals surface area contributed by atoms with Gasteiger partial charge >= 0.3 is 5.97 Å². The minimum atomic E-state index is -0.525. The zero-order valence-corrected chi connectivity index (χ0v) is 18.5. The van der Waals surface area contributed by atoms with Gasteiger partial charge in [0.25, 0.3) is 0 Å². The Morgan fingerprint density at radius 3 is 2.50 bits per heavy atom. The first-order valence-electron chi connectivity index (χ1n) is 9.55. The van der Waals surface area contributed by atoms with Crippen LogP contribution < -0.4 is 20.2 Å². The smallest absolute Gasteiger partial charge is 0.343 e. The molecule has 3 aromatic rings. The number of hydrogen-bond acceptors (Lipinski definition) is 5. The van der Waals surface area contributed by atoms with Gasteiger partial charge in [-0.25, -0.2) is 9.18 Å². The Kier molecular flexibility index (Phi) is 8.13. The van der Waals surface area contributed by atoms with Crippen molar-refractivity contribution in [2.45, 2.75) is 6.92 Å². The molecule has 3 rings (SSSR count). The zero-order chi connectivity index (χ0) is 22.9. The van der Waals surface area contributed by atoms with Gasteiger partial charge in [0.05, 0.1) is 18.4 Å². The summed E-state index contributed by atoms with van der Waals surface area (Å²) in [5.74, 6) is -0.182. The fraction of sp³-hybridized carbons (Fsp3) is 0.0870. The largest absolute Gasteiger partial charge is 0.490 e. The molecule has 164 valence electrons. The summed E-state index contributed by atoms with van der Waals surface area (Å²) < 4.78 is 24.0. The summed E-state index contributed by atoms with van der Waals surface area (Å²) in [4.78, 5) is 12.4. The molecular formula is C23H19ClFN3O3S. The third kappa shape index (κ3) is 6.76. The topological polar surface area (TPSA) is 71.9 Å². The van der Waals surface area contributed by atoms with E-state index in [1.165, 1.54) is 18.3 Å². The molecule has 0 spiro atoms. The number of carbonyl (C=O) groups excluding carboxylic acids is 1. The number of benzene rings is 3. The van der Waals surface area contributed by atoms with Crippen molar-refractivity contribution in [2.24, 2.45) is 5.10 Å². The highest BCUT2D eigenvalue weighted by Gasteiger charge is 2.13. The van der Waals surface area contributed by atoms with Gasteiger partial charge in [0.1, 0.15) is 5.82 Å².